The highest BCUT2D eigenvalue weighted by molar-refractivity contribution is 4.73. The molecule has 0 spiro atoms. The van der Waals surface area contributed by atoms with E-state index in [4.69, 9.17) is 9.84 Å². The Bertz CT molecular complexity index is 104. The molecule has 2 N–H and O–H groups in total. The van der Waals surface area contributed by atoms with Gasteiger partial charge in [0.2, 0.25) is 0 Å². The largest absolute Gasteiger partial charge is 0.391 e. The molecular weight excluding hydrogens is 144 g/mol. The van der Waals surface area contributed by atoms with Gasteiger partial charge in [-0.05, 0) is 27.7 Å². The fourth-order valence-electron chi connectivity index (χ4n) is 0.488. The Kier molecular flexibility index (Phi) is 4.00. The van der Waals surface area contributed by atoms with Crippen LogP contribution in [0.2, 0.25) is 0 Å². The van der Waals surface area contributed by atoms with E-state index in [-0.39, 0.29) is 12.7 Å². The van der Waals surface area contributed by atoms with Crippen LogP contribution in [-0.2, 0) is 4.74 Å². The molecule has 0 aromatic carbocycles. The Labute approximate surface area is 68.0 Å². The first kappa shape index (κ1) is 10.9. The lowest BCUT2D eigenvalue weighted by Crippen LogP contribution is -2.37. The van der Waals surface area contributed by atoms with Crippen LogP contribution in [-0.4, -0.2) is 34.6 Å². The van der Waals surface area contributed by atoms with Crippen LogP contribution in [0.1, 0.15) is 27.7 Å². The van der Waals surface area contributed by atoms with Gasteiger partial charge in [-0.25, -0.2) is 0 Å². The van der Waals surface area contributed by atoms with Gasteiger partial charge in [-0.15, -0.1) is 0 Å². The minimum absolute atomic E-state index is 0.253. The Hall–Kier alpha value is -0.120. The van der Waals surface area contributed by atoms with E-state index in [9.17, 15) is 5.11 Å². The van der Waals surface area contributed by atoms with Crippen LogP contribution in [0, 0.1) is 0 Å². The summed E-state index contributed by atoms with van der Waals surface area (Å²) in [5.74, 6) is 0. The van der Waals surface area contributed by atoms with E-state index < -0.39 is 11.7 Å². The third-order valence-corrected chi connectivity index (χ3v) is 1.58. The minimum Gasteiger partial charge on any atom is -0.391 e. The van der Waals surface area contributed by atoms with Crippen molar-refractivity contribution < 1.29 is 14.9 Å². The number of aliphatic hydroxyl groups is 2. The zero-order valence-electron chi connectivity index (χ0n) is 7.66. The SMILES string of the molecule is CC(O)COC(C)C(C)(C)O. The second kappa shape index (κ2) is 4.04. The van der Waals surface area contributed by atoms with Crippen LogP contribution in [0.4, 0.5) is 0 Å². The summed E-state index contributed by atoms with van der Waals surface area (Å²) in [6, 6.07) is 0. The molecule has 0 radical (unpaired) electrons. The molecule has 0 heterocycles. The third kappa shape index (κ3) is 5.18. The molecule has 3 nitrogen and oxygen atoms in total. The van der Waals surface area contributed by atoms with Crippen molar-refractivity contribution in [3.8, 4) is 0 Å². The molecule has 2 unspecified atom stereocenters. The number of ether oxygens (including phenoxy) is 1. The molecule has 0 amide bonds. The van der Waals surface area contributed by atoms with E-state index in [1.54, 1.807) is 27.7 Å². The number of aliphatic hydroxyl groups excluding tert-OH is 1. The van der Waals surface area contributed by atoms with Gasteiger partial charge in [0.15, 0.2) is 0 Å². The molecule has 0 aliphatic heterocycles. The molecule has 0 rings (SSSR count). The Morgan fingerprint density at radius 3 is 2.09 bits per heavy atom. The van der Waals surface area contributed by atoms with E-state index in [0.29, 0.717) is 0 Å². The molecule has 3 heteroatoms. The Balaban J connectivity index is 3.61. The standard InChI is InChI=1S/C8H18O3/c1-6(9)5-11-7(2)8(3,4)10/h6-7,9-10H,5H2,1-4H3. The number of hydrogen-bond acceptors (Lipinski definition) is 3. The van der Waals surface area contributed by atoms with E-state index >= 15 is 0 Å². The highest BCUT2D eigenvalue weighted by Crippen LogP contribution is 2.11. The lowest BCUT2D eigenvalue weighted by molar-refractivity contribution is -0.0953. The zero-order valence-corrected chi connectivity index (χ0v) is 7.66. The summed E-state index contributed by atoms with van der Waals surface area (Å²) in [6.45, 7) is 7.06. The van der Waals surface area contributed by atoms with Gasteiger partial charge in [0.05, 0.1) is 24.4 Å². The smallest absolute Gasteiger partial charge is 0.0849 e. The van der Waals surface area contributed by atoms with Crippen LogP contribution in [0.15, 0.2) is 0 Å². The molecule has 0 saturated carbocycles. The first-order chi connectivity index (χ1) is 4.84. The van der Waals surface area contributed by atoms with Crippen molar-refractivity contribution in [2.45, 2.75) is 45.5 Å². The minimum atomic E-state index is -0.838. The van der Waals surface area contributed by atoms with Gasteiger partial charge < -0.3 is 14.9 Å². The van der Waals surface area contributed by atoms with Crippen molar-refractivity contribution in [3.05, 3.63) is 0 Å². The molecule has 0 aliphatic rings. The highest BCUT2D eigenvalue weighted by atomic mass is 16.5. The number of hydrogen-bond donors (Lipinski definition) is 2. The van der Waals surface area contributed by atoms with Crippen LogP contribution >= 0.6 is 0 Å². The number of rotatable bonds is 4. The summed E-state index contributed by atoms with van der Waals surface area (Å²) in [7, 11) is 0. The third-order valence-electron chi connectivity index (χ3n) is 1.58. The summed E-state index contributed by atoms with van der Waals surface area (Å²) >= 11 is 0. The zero-order chi connectivity index (χ0) is 9.07. The maximum atomic E-state index is 9.39. The highest BCUT2D eigenvalue weighted by Gasteiger charge is 2.22. The molecular formula is C8H18O3. The van der Waals surface area contributed by atoms with Crippen LogP contribution in [0.25, 0.3) is 0 Å². The summed E-state index contributed by atoms with van der Waals surface area (Å²) in [4.78, 5) is 0. The van der Waals surface area contributed by atoms with Gasteiger partial charge in [0.1, 0.15) is 0 Å². The predicted molar refractivity (Wildman–Crippen MR) is 43.4 cm³/mol. The van der Waals surface area contributed by atoms with Gasteiger partial charge >= 0.3 is 0 Å². The van der Waals surface area contributed by atoms with Crippen LogP contribution in [0.5, 0.6) is 0 Å². The van der Waals surface area contributed by atoms with Crippen LogP contribution in [0.3, 0.4) is 0 Å². The average Bonchev–Trinajstić information content (AvgIpc) is 1.80. The van der Waals surface area contributed by atoms with Crippen molar-refractivity contribution in [2.75, 3.05) is 6.61 Å². The summed E-state index contributed by atoms with van der Waals surface area (Å²) in [5, 5.41) is 18.3. The lowest BCUT2D eigenvalue weighted by Gasteiger charge is -2.26. The second-order valence-electron chi connectivity index (χ2n) is 3.48. The lowest BCUT2D eigenvalue weighted by atomic mass is 10.0. The van der Waals surface area contributed by atoms with E-state index in [0.717, 1.165) is 0 Å². The van der Waals surface area contributed by atoms with Crippen molar-refractivity contribution in [2.24, 2.45) is 0 Å². The monoisotopic (exact) mass is 162 g/mol. The maximum absolute atomic E-state index is 9.39. The fourth-order valence-corrected chi connectivity index (χ4v) is 0.488. The van der Waals surface area contributed by atoms with E-state index in [1.807, 2.05) is 0 Å². The van der Waals surface area contributed by atoms with Gasteiger partial charge in [0, 0.05) is 0 Å². The van der Waals surface area contributed by atoms with Crippen molar-refractivity contribution >= 4 is 0 Å². The van der Waals surface area contributed by atoms with Crippen LogP contribution < -0.4 is 0 Å². The molecule has 11 heavy (non-hydrogen) atoms. The summed E-state index contributed by atoms with van der Waals surface area (Å²) in [6.07, 6.45) is -0.725. The fraction of sp³-hybridized carbons (Fsp3) is 1.00. The molecule has 0 saturated heterocycles. The quantitative estimate of drug-likeness (QED) is 0.634. The first-order valence-electron chi connectivity index (χ1n) is 3.86. The molecule has 0 aromatic rings. The summed E-state index contributed by atoms with van der Waals surface area (Å²) < 4.78 is 5.17. The molecule has 68 valence electrons. The molecule has 0 fully saturated rings. The van der Waals surface area contributed by atoms with Gasteiger partial charge in [-0.2, -0.15) is 0 Å². The van der Waals surface area contributed by atoms with Gasteiger partial charge in [-0.1, -0.05) is 0 Å². The topological polar surface area (TPSA) is 49.7 Å². The molecule has 2 atom stereocenters. The second-order valence-corrected chi connectivity index (χ2v) is 3.48. The maximum Gasteiger partial charge on any atom is 0.0849 e. The summed E-state index contributed by atoms with van der Waals surface area (Å²) in [5.41, 5.74) is -0.838. The van der Waals surface area contributed by atoms with Crippen molar-refractivity contribution in [1.82, 2.24) is 0 Å². The van der Waals surface area contributed by atoms with E-state index in [2.05, 4.69) is 0 Å². The predicted octanol–water partition coefficient (Wildman–Crippen LogP) is 0.543. The average molecular weight is 162 g/mol. The Morgan fingerprint density at radius 1 is 1.36 bits per heavy atom. The molecule has 0 aliphatic carbocycles. The van der Waals surface area contributed by atoms with Crippen molar-refractivity contribution in [3.63, 3.8) is 0 Å². The molecule has 0 bridgehead atoms. The normalized spacial score (nSPS) is 18.0. The van der Waals surface area contributed by atoms with Gasteiger partial charge in [0.25, 0.3) is 0 Å². The van der Waals surface area contributed by atoms with E-state index in [1.165, 1.54) is 0 Å². The Morgan fingerprint density at radius 2 is 1.82 bits per heavy atom. The van der Waals surface area contributed by atoms with Gasteiger partial charge in [-0.3, -0.25) is 0 Å². The van der Waals surface area contributed by atoms with Crippen molar-refractivity contribution in [1.29, 1.82) is 0 Å². The molecule has 0 aromatic heterocycles. The first-order valence-corrected chi connectivity index (χ1v) is 3.86.